The molecule has 3 rings (SSSR count). The van der Waals surface area contributed by atoms with E-state index in [1.807, 2.05) is 59.5 Å². The number of carbonyl (C=O) groups is 2. The van der Waals surface area contributed by atoms with Gasteiger partial charge in [-0.2, -0.15) is 0 Å². The summed E-state index contributed by atoms with van der Waals surface area (Å²) in [5.74, 6) is 3.53. The average Bonchev–Trinajstić information content (AvgIpc) is 2.72. The number of thioether (sulfide) groups is 1. The average molecular weight is 377 g/mol. The lowest BCUT2D eigenvalue weighted by Crippen LogP contribution is -2.35. The third-order valence-corrected chi connectivity index (χ3v) is 5.39. The zero-order chi connectivity index (χ0) is 19.2. The van der Waals surface area contributed by atoms with Crippen molar-refractivity contribution < 1.29 is 14.3 Å². The van der Waals surface area contributed by atoms with Gasteiger partial charge in [0.2, 0.25) is 0 Å². The zero-order valence-corrected chi connectivity index (χ0v) is 15.7. The van der Waals surface area contributed by atoms with Crippen LogP contribution in [0.2, 0.25) is 0 Å². The number of ketones is 1. The molecule has 1 aliphatic rings. The van der Waals surface area contributed by atoms with Crippen molar-refractivity contribution in [3.05, 3.63) is 70.8 Å². The molecule has 1 heterocycles. The molecule has 0 radical (unpaired) electrons. The molecule has 0 bridgehead atoms. The summed E-state index contributed by atoms with van der Waals surface area (Å²) in [4.78, 5) is 26.4. The number of Topliss-reactive ketones (excluding diaryl/α,β-unsaturated/α-hetero) is 1. The van der Waals surface area contributed by atoms with Crippen LogP contribution in [0.1, 0.15) is 18.0 Å². The summed E-state index contributed by atoms with van der Waals surface area (Å²) in [5.41, 5.74) is 2.06. The van der Waals surface area contributed by atoms with Gasteiger partial charge in [0.15, 0.2) is 12.1 Å². The van der Waals surface area contributed by atoms with E-state index >= 15 is 0 Å². The number of carbonyl (C=O) groups excluding carboxylic acids is 2. The van der Waals surface area contributed by atoms with E-state index in [2.05, 4.69) is 5.92 Å². The van der Waals surface area contributed by atoms with Crippen LogP contribution < -0.4 is 9.64 Å². The normalized spacial score (nSPS) is 16.8. The maximum absolute atomic E-state index is 12.7. The fourth-order valence-corrected chi connectivity index (χ4v) is 4.03. The van der Waals surface area contributed by atoms with Gasteiger partial charge in [-0.3, -0.25) is 9.59 Å². The Hall–Kier alpha value is -2.97. The summed E-state index contributed by atoms with van der Waals surface area (Å²) in [6.45, 7) is 0. The van der Waals surface area contributed by atoms with E-state index in [0.717, 1.165) is 17.0 Å². The van der Waals surface area contributed by atoms with Gasteiger partial charge in [-0.05, 0) is 29.8 Å². The number of terminal acetylenes is 1. The number of allylic oxidation sites excluding steroid dienone is 1. The molecule has 27 heavy (non-hydrogen) atoms. The van der Waals surface area contributed by atoms with E-state index in [0.29, 0.717) is 17.1 Å². The van der Waals surface area contributed by atoms with Crippen LogP contribution in [-0.2, 0) is 9.59 Å². The highest BCUT2D eigenvalue weighted by Gasteiger charge is 2.35. The summed E-state index contributed by atoms with van der Waals surface area (Å²) in [6.07, 6.45) is 6.29. The first-order valence-electron chi connectivity index (χ1n) is 8.46. The summed E-state index contributed by atoms with van der Waals surface area (Å²) in [5, 5.41) is 0.603. The Morgan fingerprint density at radius 3 is 2.52 bits per heavy atom. The lowest BCUT2D eigenvalue weighted by Gasteiger charge is -2.39. The highest BCUT2D eigenvalue weighted by atomic mass is 32.2. The van der Waals surface area contributed by atoms with Crippen molar-refractivity contribution in [1.82, 2.24) is 0 Å². The second-order valence-electron chi connectivity index (χ2n) is 5.95. The SMILES string of the molecule is C#CCSC1=C(C=O)C(=O)CC(c2ccc(OC)cc2)N1c1ccccc1. The fourth-order valence-electron chi connectivity index (χ4n) is 3.12. The maximum Gasteiger partial charge on any atom is 0.171 e. The van der Waals surface area contributed by atoms with Gasteiger partial charge < -0.3 is 9.64 Å². The molecule has 0 spiro atoms. The van der Waals surface area contributed by atoms with E-state index in [4.69, 9.17) is 11.2 Å². The number of anilines is 1. The first kappa shape index (κ1) is 18.8. The predicted octanol–water partition coefficient (Wildman–Crippen LogP) is 3.99. The van der Waals surface area contributed by atoms with Crippen LogP contribution in [0, 0.1) is 12.3 Å². The molecule has 0 aliphatic carbocycles. The number of rotatable bonds is 6. The Labute approximate surface area is 163 Å². The van der Waals surface area contributed by atoms with Gasteiger partial charge in [0, 0.05) is 12.1 Å². The molecule has 0 amide bonds. The van der Waals surface area contributed by atoms with Crippen LogP contribution in [0.25, 0.3) is 0 Å². The smallest absolute Gasteiger partial charge is 0.171 e. The molecule has 2 aromatic rings. The molecule has 0 aromatic heterocycles. The quantitative estimate of drug-likeness (QED) is 0.433. The second-order valence-corrected chi connectivity index (χ2v) is 6.92. The Kier molecular flexibility index (Phi) is 6.00. The minimum atomic E-state index is -0.227. The largest absolute Gasteiger partial charge is 0.497 e. The lowest BCUT2D eigenvalue weighted by molar-refractivity contribution is -0.118. The number of benzene rings is 2. The standard InChI is InChI=1S/C22H19NO3S/c1-3-13-27-22-19(15-24)21(25)14-20(16-9-11-18(26-2)12-10-16)23(22)17-7-5-4-6-8-17/h1,4-12,15,20H,13-14H2,2H3. The van der Waals surface area contributed by atoms with Crippen LogP contribution in [-0.4, -0.2) is 24.9 Å². The predicted molar refractivity (Wildman–Crippen MR) is 109 cm³/mol. The molecule has 1 atom stereocenters. The maximum atomic E-state index is 12.7. The van der Waals surface area contributed by atoms with E-state index in [1.165, 1.54) is 11.8 Å². The number of methoxy groups -OCH3 is 1. The highest BCUT2D eigenvalue weighted by molar-refractivity contribution is 8.03. The monoisotopic (exact) mass is 377 g/mol. The Balaban J connectivity index is 2.14. The molecule has 0 N–H and O–H groups in total. The van der Waals surface area contributed by atoms with Crippen LogP contribution in [0.4, 0.5) is 5.69 Å². The van der Waals surface area contributed by atoms with Crippen molar-refractivity contribution in [3.8, 4) is 18.1 Å². The molecule has 2 aromatic carbocycles. The van der Waals surface area contributed by atoms with Crippen molar-refractivity contribution in [2.24, 2.45) is 0 Å². The Morgan fingerprint density at radius 2 is 1.93 bits per heavy atom. The summed E-state index contributed by atoms with van der Waals surface area (Å²) in [6, 6.07) is 17.1. The minimum Gasteiger partial charge on any atom is -0.497 e. The van der Waals surface area contributed by atoms with Gasteiger partial charge in [-0.15, -0.1) is 6.42 Å². The van der Waals surface area contributed by atoms with Crippen molar-refractivity contribution in [2.45, 2.75) is 12.5 Å². The number of nitrogens with zero attached hydrogens (tertiary/aromatic N) is 1. The molecule has 0 fully saturated rings. The van der Waals surface area contributed by atoms with E-state index < -0.39 is 0 Å². The van der Waals surface area contributed by atoms with Gasteiger partial charge in [0.1, 0.15) is 5.75 Å². The topological polar surface area (TPSA) is 46.6 Å². The molecule has 4 nitrogen and oxygen atoms in total. The number of hydrogen-bond acceptors (Lipinski definition) is 5. The van der Waals surface area contributed by atoms with E-state index in [9.17, 15) is 9.59 Å². The fraction of sp³-hybridized carbons (Fsp3) is 0.182. The molecular weight excluding hydrogens is 358 g/mol. The third-order valence-electron chi connectivity index (χ3n) is 4.39. The van der Waals surface area contributed by atoms with Crippen LogP contribution >= 0.6 is 11.8 Å². The van der Waals surface area contributed by atoms with Gasteiger partial charge in [0.25, 0.3) is 0 Å². The van der Waals surface area contributed by atoms with Gasteiger partial charge in [-0.25, -0.2) is 0 Å². The first-order valence-corrected chi connectivity index (χ1v) is 9.45. The summed E-state index contributed by atoms with van der Waals surface area (Å²) >= 11 is 1.34. The van der Waals surface area contributed by atoms with Gasteiger partial charge >= 0.3 is 0 Å². The Morgan fingerprint density at radius 1 is 1.22 bits per heavy atom. The zero-order valence-electron chi connectivity index (χ0n) is 14.9. The molecule has 1 aliphatic heterocycles. The number of aldehydes is 1. The van der Waals surface area contributed by atoms with Crippen molar-refractivity contribution >= 4 is 29.5 Å². The molecule has 136 valence electrons. The number of hydrogen-bond donors (Lipinski definition) is 0. The molecule has 1 unspecified atom stereocenters. The lowest BCUT2D eigenvalue weighted by atomic mass is 9.93. The first-order chi connectivity index (χ1) is 13.2. The number of para-hydroxylation sites is 1. The van der Waals surface area contributed by atoms with Crippen LogP contribution in [0.15, 0.2) is 65.2 Å². The van der Waals surface area contributed by atoms with E-state index in [-0.39, 0.29) is 23.8 Å². The summed E-state index contributed by atoms with van der Waals surface area (Å²) < 4.78 is 5.24. The minimum absolute atomic E-state index is 0.169. The van der Waals surface area contributed by atoms with Crippen molar-refractivity contribution in [2.75, 3.05) is 17.8 Å². The van der Waals surface area contributed by atoms with Crippen LogP contribution in [0.3, 0.4) is 0 Å². The number of ether oxygens (including phenoxy) is 1. The van der Waals surface area contributed by atoms with Gasteiger partial charge in [0.05, 0.1) is 29.5 Å². The van der Waals surface area contributed by atoms with Crippen molar-refractivity contribution in [3.63, 3.8) is 0 Å². The van der Waals surface area contributed by atoms with Crippen LogP contribution in [0.5, 0.6) is 5.75 Å². The van der Waals surface area contributed by atoms with Crippen molar-refractivity contribution in [1.29, 1.82) is 0 Å². The molecule has 0 saturated carbocycles. The highest BCUT2D eigenvalue weighted by Crippen LogP contribution is 2.42. The Bertz CT molecular complexity index is 897. The second kappa shape index (κ2) is 8.61. The summed E-state index contributed by atoms with van der Waals surface area (Å²) in [7, 11) is 1.61. The molecular formula is C22H19NO3S. The van der Waals surface area contributed by atoms with E-state index in [1.54, 1.807) is 7.11 Å². The van der Waals surface area contributed by atoms with Gasteiger partial charge in [-0.1, -0.05) is 48.0 Å². The third kappa shape index (κ3) is 3.91. The molecule has 0 saturated heterocycles. The molecule has 5 heteroatoms.